The number of anilines is 1. The highest BCUT2D eigenvalue weighted by Gasteiger charge is 2.27. The molecule has 0 radical (unpaired) electrons. The Morgan fingerprint density at radius 1 is 1.50 bits per heavy atom. The number of likely N-dealkylation sites (tertiary alicyclic amines) is 1. The first-order chi connectivity index (χ1) is 11.6. The van der Waals surface area contributed by atoms with Gasteiger partial charge in [-0.05, 0) is 18.6 Å². The topological polar surface area (TPSA) is 82.2 Å². The van der Waals surface area contributed by atoms with Gasteiger partial charge in [0.15, 0.2) is 6.19 Å². The van der Waals surface area contributed by atoms with E-state index in [1.807, 2.05) is 12.1 Å². The predicted molar refractivity (Wildman–Crippen MR) is 90.0 cm³/mol. The molecule has 1 amide bonds. The smallest absolute Gasteiger partial charge is 0.253 e. The van der Waals surface area contributed by atoms with E-state index < -0.39 is 0 Å². The van der Waals surface area contributed by atoms with Gasteiger partial charge in [-0.15, -0.1) is 0 Å². The van der Waals surface area contributed by atoms with Crippen LogP contribution in [0.3, 0.4) is 0 Å². The molecule has 1 saturated heterocycles. The molecule has 0 spiro atoms. The van der Waals surface area contributed by atoms with E-state index in [0.717, 1.165) is 12.0 Å². The number of nitriles is 1. The van der Waals surface area contributed by atoms with Gasteiger partial charge in [0, 0.05) is 41.2 Å². The molecule has 0 unspecified atom stereocenters. The lowest BCUT2D eigenvalue weighted by molar-refractivity contribution is -0.113. The van der Waals surface area contributed by atoms with E-state index in [9.17, 15) is 4.79 Å². The van der Waals surface area contributed by atoms with E-state index in [2.05, 4.69) is 23.2 Å². The first kappa shape index (κ1) is 16.1. The molecule has 1 aliphatic rings. The maximum Gasteiger partial charge on any atom is 0.253 e. The lowest BCUT2D eigenvalue weighted by atomic mass is 9.99. The molecule has 2 aromatic rings. The summed E-state index contributed by atoms with van der Waals surface area (Å²) in [5, 5.41) is 16.1. The van der Waals surface area contributed by atoms with Crippen LogP contribution in [-0.2, 0) is 4.79 Å². The highest BCUT2D eigenvalue weighted by Crippen LogP contribution is 2.26. The minimum atomic E-state index is -0.325. The molecule has 2 heterocycles. The van der Waals surface area contributed by atoms with Crippen LogP contribution < -0.4 is 5.32 Å². The van der Waals surface area contributed by atoms with Gasteiger partial charge in [0.05, 0.1) is 0 Å². The maximum absolute atomic E-state index is 12.3. The van der Waals surface area contributed by atoms with Crippen molar-refractivity contribution >= 4 is 23.4 Å². The lowest BCUT2D eigenvalue weighted by Gasteiger charge is -2.11. The molecule has 1 fully saturated rings. The van der Waals surface area contributed by atoms with Crippen molar-refractivity contribution in [3.8, 4) is 17.5 Å². The van der Waals surface area contributed by atoms with Gasteiger partial charge >= 0.3 is 0 Å². The van der Waals surface area contributed by atoms with E-state index in [1.165, 1.54) is 0 Å². The third-order valence-corrected chi connectivity index (χ3v) is 4.22. The Kier molecular flexibility index (Phi) is 4.54. The Morgan fingerprint density at radius 2 is 2.33 bits per heavy atom. The minimum absolute atomic E-state index is 0.0278. The van der Waals surface area contributed by atoms with Gasteiger partial charge in [0.25, 0.3) is 5.91 Å². The number of hydrogen-bond donors (Lipinski definition) is 1. The van der Waals surface area contributed by atoms with Crippen molar-refractivity contribution in [3.05, 3.63) is 47.5 Å². The SMILES string of the molecule is C=C(C(=O)Nc1cc(-c2cccc(Cl)c2)no1)[C@@H]1CCN(C#N)C1. The van der Waals surface area contributed by atoms with Crippen LogP contribution in [0.15, 0.2) is 47.0 Å². The van der Waals surface area contributed by atoms with Crippen molar-refractivity contribution in [1.82, 2.24) is 10.1 Å². The van der Waals surface area contributed by atoms with Crippen LogP contribution in [-0.4, -0.2) is 29.1 Å². The van der Waals surface area contributed by atoms with Crippen molar-refractivity contribution in [3.63, 3.8) is 0 Å². The highest BCUT2D eigenvalue weighted by atomic mass is 35.5. The van der Waals surface area contributed by atoms with Gasteiger partial charge in [-0.25, -0.2) is 0 Å². The number of nitrogens with one attached hydrogen (secondary N) is 1. The normalized spacial score (nSPS) is 16.7. The van der Waals surface area contributed by atoms with Crippen LogP contribution >= 0.6 is 11.6 Å². The molecule has 24 heavy (non-hydrogen) atoms. The quantitative estimate of drug-likeness (QED) is 0.681. The summed E-state index contributed by atoms with van der Waals surface area (Å²) < 4.78 is 5.16. The van der Waals surface area contributed by atoms with E-state index in [4.69, 9.17) is 21.4 Å². The third kappa shape index (κ3) is 3.42. The molecule has 1 aliphatic heterocycles. The molecular formula is C17H15ClN4O2. The van der Waals surface area contributed by atoms with Gasteiger partial charge in [-0.1, -0.05) is 35.5 Å². The second kappa shape index (κ2) is 6.77. The van der Waals surface area contributed by atoms with E-state index in [0.29, 0.717) is 29.4 Å². The van der Waals surface area contributed by atoms with Crippen LogP contribution in [0.25, 0.3) is 11.3 Å². The van der Waals surface area contributed by atoms with Crippen molar-refractivity contribution < 1.29 is 9.32 Å². The summed E-state index contributed by atoms with van der Waals surface area (Å²) in [5.74, 6) is -0.111. The van der Waals surface area contributed by atoms with Gasteiger partial charge in [-0.2, -0.15) is 5.26 Å². The summed E-state index contributed by atoms with van der Waals surface area (Å²) in [6, 6.07) is 8.83. The minimum Gasteiger partial charge on any atom is -0.338 e. The maximum atomic E-state index is 12.3. The Balaban J connectivity index is 1.65. The van der Waals surface area contributed by atoms with Crippen molar-refractivity contribution in [2.24, 2.45) is 5.92 Å². The molecule has 0 aliphatic carbocycles. The number of carbonyl (C=O) groups is 1. The summed E-state index contributed by atoms with van der Waals surface area (Å²) in [6.07, 6.45) is 2.82. The Morgan fingerprint density at radius 3 is 3.04 bits per heavy atom. The van der Waals surface area contributed by atoms with Crippen molar-refractivity contribution in [1.29, 1.82) is 5.26 Å². The molecule has 122 valence electrons. The summed E-state index contributed by atoms with van der Waals surface area (Å²) in [7, 11) is 0. The fourth-order valence-electron chi connectivity index (χ4n) is 2.63. The van der Waals surface area contributed by atoms with Crippen LogP contribution in [0.4, 0.5) is 5.88 Å². The van der Waals surface area contributed by atoms with Crippen LogP contribution in [0.5, 0.6) is 0 Å². The molecule has 1 atom stereocenters. The van der Waals surface area contributed by atoms with Crippen LogP contribution in [0, 0.1) is 17.4 Å². The molecule has 3 rings (SSSR count). The average molecular weight is 343 g/mol. The summed E-state index contributed by atoms with van der Waals surface area (Å²) in [4.78, 5) is 13.9. The standard InChI is InChI=1S/C17H15ClN4O2/c1-11(13-5-6-22(9-13)10-19)17(23)20-16-8-15(21-24-16)12-3-2-4-14(18)7-12/h2-4,7-8,13H,1,5-6,9H2,(H,20,23)/t13-/m1/s1. The molecule has 1 aromatic carbocycles. The van der Waals surface area contributed by atoms with E-state index in [-0.39, 0.29) is 17.7 Å². The van der Waals surface area contributed by atoms with Gasteiger partial charge in [-0.3, -0.25) is 10.1 Å². The van der Waals surface area contributed by atoms with Crippen LogP contribution in [0.1, 0.15) is 6.42 Å². The first-order valence-corrected chi connectivity index (χ1v) is 7.82. The molecule has 7 heteroatoms. The molecule has 0 bridgehead atoms. The number of amides is 1. The summed E-state index contributed by atoms with van der Waals surface area (Å²) >= 11 is 5.96. The number of carbonyl (C=O) groups excluding carboxylic acids is 1. The summed E-state index contributed by atoms with van der Waals surface area (Å²) in [5.41, 5.74) is 1.81. The Hall–Kier alpha value is -2.78. The first-order valence-electron chi connectivity index (χ1n) is 7.44. The van der Waals surface area contributed by atoms with Crippen molar-refractivity contribution in [2.45, 2.75) is 6.42 Å². The number of halogens is 1. The van der Waals surface area contributed by atoms with E-state index >= 15 is 0 Å². The highest BCUT2D eigenvalue weighted by molar-refractivity contribution is 6.30. The average Bonchev–Trinajstić information content (AvgIpc) is 3.23. The van der Waals surface area contributed by atoms with Gasteiger partial charge < -0.3 is 9.42 Å². The Bertz CT molecular complexity index is 824. The zero-order valence-corrected chi connectivity index (χ0v) is 13.6. The van der Waals surface area contributed by atoms with E-state index in [1.54, 1.807) is 23.1 Å². The zero-order valence-electron chi connectivity index (χ0n) is 12.8. The number of benzene rings is 1. The number of nitrogens with zero attached hydrogens (tertiary/aromatic N) is 3. The molecule has 6 nitrogen and oxygen atoms in total. The lowest BCUT2D eigenvalue weighted by Crippen LogP contribution is -2.21. The van der Waals surface area contributed by atoms with Crippen molar-refractivity contribution in [2.75, 3.05) is 18.4 Å². The predicted octanol–water partition coefficient (Wildman–Crippen LogP) is 3.29. The van der Waals surface area contributed by atoms with Crippen LogP contribution in [0.2, 0.25) is 5.02 Å². The fourth-order valence-corrected chi connectivity index (χ4v) is 2.82. The monoisotopic (exact) mass is 342 g/mol. The largest absolute Gasteiger partial charge is 0.338 e. The molecular weight excluding hydrogens is 328 g/mol. The number of rotatable bonds is 4. The third-order valence-electron chi connectivity index (χ3n) is 3.98. The second-order valence-electron chi connectivity index (χ2n) is 5.60. The molecule has 1 N–H and O–H groups in total. The zero-order chi connectivity index (χ0) is 17.1. The number of hydrogen-bond acceptors (Lipinski definition) is 5. The summed E-state index contributed by atoms with van der Waals surface area (Å²) in [6.45, 7) is 5.02. The second-order valence-corrected chi connectivity index (χ2v) is 6.03. The fraction of sp³-hybridized carbons (Fsp3) is 0.235. The molecule has 1 aromatic heterocycles. The number of aromatic nitrogens is 1. The van der Waals surface area contributed by atoms with Gasteiger partial charge in [0.2, 0.25) is 5.88 Å². The van der Waals surface area contributed by atoms with Gasteiger partial charge in [0.1, 0.15) is 5.69 Å². The molecule has 0 saturated carbocycles. The Labute approximate surface area is 144 Å².